The van der Waals surface area contributed by atoms with E-state index in [0.29, 0.717) is 29.2 Å². The number of aromatic nitrogens is 2. The Balaban J connectivity index is 1.63. The van der Waals surface area contributed by atoms with Gasteiger partial charge in [0.1, 0.15) is 35.1 Å². The Morgan fingerprint density at radius 1 is 1.12 bits per heavy atom. The van der Waals surface area contributed by atoms with Crippen LogP contribution in [0, 0.1) is 17.8 Å². The number of ketones is 1. The molecule has 5 rings (SSSR count). The standard InChI is InChI=1S/C41H61N5O11/c1-11-32-41(8,51)33-17-30(43-26(6)47)22(2)18-40(7,53-20-29(19-52-33)45-54-21-28-13-12-27-14-15-42-37(27)44-28)36(24(4)34(48)25(5)38(50)56-32)57-39-35(49)31(46(9)10)16-23(3)55-39/h12-15,22-25,31-33,35-36,39,49,51H,11,16-21H2,1-10H3,(H,42,44)/b43-30?,45-29-/t22-,23-,24+,25-,31+,32+,33+,35-,36-,39+,40-,41-/m1/s1. The molecule has 0 spiro atoms. The summed E-state index contributed by atoms with van der Waals surface area (Å²) in [5.74, 6) is -4.55. The molecule has 2 aromatic heterocycles. The zero-order chi connectivity index (χ0) is 41.8. The van der Waals surface area contributed by atoms with Crippen molar-refractivity contribution < 1.29 is 53.1 Å². The quantitative estimate of drug-likeness (QED) is 0.208. The number of rotatable bonds is 7. The van der Waals surface area contributed by atoms with Crippen LogP contribution >= 0.6 is 0 Å². The number of H-pyrrole nitrogens is 1. The van der Waals surface area contributed by atoms with Gasteiger partial charge in [-0.3, -0.25) is 14.4 Å². The Bertz CT molecular complexity index is 1790. The lowest BCUT2D eigenvalue weighted by Gasteiger charge is -2.47. The van der Waals surface area contributed by atoms with Crippen LogP contribution in [0.1, 0.15) is 86.8 Å². The van der Waals surface area contributed by atoms with Crippen molar-refractivity contribution in [3.05, 3.63) is 30.1 Å². The minimum Gasteiger partial charge on any atom is -0.459 e. The van der Waals surface area contributed by atoms with Gasteiger partial charge >= 0.3 is 5.97 Å². The first-order valence-electron chi connectivity index (χ1n) is 19.9. The highest BCUT2D eigenvalue weighted by Crippen LogP contribution is 2.39. The van der Waals surface area contributed by atoms with Gasteiger partial charge in [-0.2, -0.15) is 0 Å². The van der Waals surface area contributed by atoms with Gasteiger partial charge in [-0.05, 0) is 85.2 Å². The van der Waals surface area contributed by atoms with Gasteiger partial charge < -0.3 is 48.6 Å². The van der Waals surface area contributed by atoms with Crippen molar-refractivity contribution in [2.45, 2.75) is 142 Å². The molecule has 16 heteroatoms. The molecule has 12 atom stereocenters. The number of carbonyl (C=O) groups is 3. The van der Waals surface area contributed by atoms with Gasteiger partial charge in [0.15, 0.2) is 18.7 Å². The maximum absolute atomic E-state index is 14.4. The molecule has 316 valence electrons. The molecule has 0 unspecified atom stereocenters. The SMILES string of the molecule is CC[C@@H]1OC(=O)[C@H](C)C(=O)[C@H](C)[C@@H](O[C@@H]2O[C@H](C)C[C@H](N(C)C)[C@H]2O)[C@@]2(C)C[C@@H](C)C(=NC(C)=O)C[C@H](OC/C(=N/OCc3ccc4cc[nH]c4n3)CO2)[C@]1(C)O. The number of esters is 1. The van der Waals surface area contributed by atoms with Crippen LogP contribution in [-0.2, 0) is 49.5 Å². The molecule has 16 nitrogen and oxygen atoms in total. The van der Waals surface area contributed by atoms with E-state index in [1.807, 2.05) is 51.0 Å². The molecule has 3 fully saturated rings. The molecule has 3 N–H and O–H groups in total. The second-order valence-electron chi connectivity index (χ2n) is 16.6. The zero-order valence-corrected chi connectivity index (χ0v) is 34.9. The van der Waals surface area contributed by atoms with Gasteiger partial charge in [-0.1, -0.05) is 25.9 Å². The second kappa shape index (κ2) is 18.5. The second-order valence-corrected chi connectivity index (χ2v) is 16.6. The van der Waals surface area contributed by atoms with Crippen molar-refractivity contribution in [2.24, 2.45) is 27.9 Å². The van der Waals surface area contributed by atoms with Crippen LogP contribution in [0.3, 0.4) is 0 Å². The van der Waals surface area contributed by atoms with E-state index in [9.17, 15) is 24.6 Å². The Hall–Kier alpha value is -3.64. The monoisotopic (exact) mass is 799 g/mol. The lowest BCUT2D eigenvalue weighted by atomic mass is 9.76. The highest BCUT2D eigenvalue weighted by atomic mass is 16.7. The molecule has 3 saturated heterocycles. The van der Waals surface area contributed by atoms with Crippen molar-refractivity contribution >= 4 is 40.1 Å². The number of hydrogen-bond acceptors (Lipinski definition) is 14. The predicted molar refractivity (Wildman–Crippen MR) is 210 cm³/mol. The molecular weight excluding hydrogens is 738 g/mol. The number of likely N-dealkylation sites (N-methyl/N-ethyl adjacent to an activating group) is 1. The summed E-state index contributed by atoms with van der Waals surface area (Å²) in [6.07, 6.45) is -3.22. The highest BCUT2D eigenvalue weighted by Gasteiger charge is 2.51. The first-order chi connectivity index (χ1) is 26.8. The number of aromatic amines is 1. The van der Waals surface area contributed by atoms with E-state index < -0.39 is 77.3 Å². The molecule has 57 heavy (non-hydrogen) atoms. The summed E-state index contributed by atoms with van der Waals surface area (Å²) in [5, 5.41) is 29.2. The van der Waals surface area contributed by atoms with Crippen LogP contribution in [0.2, 0.25) is 0 Å². The van der Waals surface area contributed by atoms with E-state index >= 15 is 0 Å². The fourth-order valence-corrected chi connectivity index (χ4v) is 8.26. The number of nitrogens with one attached hydrogen (secondary N) is 1. The number of fused-ring (bicyclic) bond motifs is 6. The summed E-state index contributed by atoms with van der Waals surface area (Å²) in [7, 11) is 3.73. The number of aliphatic hydroxyl groups excluding tert-OH is 1. The lowest BCUT2D eigenvalue weighted by molar-refractivity contribution is -0.296. The minimum atomic E-state index is -1.82. The molecule has 3 aliphatic rings. The van der Waals surface area contributed by atoms with E-state index in [1.54, 1.807) is 27.0 Å². The molecule has 0 radical (unpaired) electrons. The number of Topliss-reactive ketones (excluding diaryl/α,β-unsaturated/α-hetero) is 1. The van der Waals surface area contributed by atoms with Crippen molar-refractivity contribution in [1.29, 1.82) is 0 Å². The Labute approximate surface area is 334 Å². The lowest BCUT2D eigenvalue weighted by Crippen LogP contribution is -2.59. The maximum Gasteiger partial charge on any atom is 0.316 e. The number of hydrogen-bond donors (Lipinski definition) is 3. The largest absolute Gasteiger partial charge is 0.459 e. The molecule has 0 aliphatic carbocycles. The third kappa shape index (κ3) is 10.3. The smallest absolute Gasteiger partial charge is 0.316 e. The van der Waals surface area contributed by atoms with Crippen LogP contribution in [0.4, 0.5) is 0 Å². The van der Waals surface area contributed by atoms with E-state index in [0.717, 1.165) is 5.39 Å². The highest BCUT2D eigenvalue weighted by molar-refractivity contribution is 6.00. The average Bonchev–Trinajstić information content (AvgIpc) is 3.62. The summed E-state index contributed by atoms with van der Waals surface area (Å²) in [4.78, 5) is 60.7. The summed E-state index contributed by atoms with van der Waals surface area (Å²) in [5.41, 5.74) is -1.18. The summed E-state index contributed by atoms with van der Waals surface area (Å²) in [6.45, 7) is 12.9. The Morgan fingerprint density at radius 3 is 2.54 bits per heavy atom. The predicted octanol–water partition coefficient (Wildman–Crippen LogP) is 3.75. The van der Waals surface area contributed by atoms with Crippen molar-refractivity contribution in [3.63, 3.8) is 0 Å². The van der Waals surface area contributed by atoms with Crippen molar-refractivity contribution in [2.75, 3.05) is 27.3 Å². The molecule has 0 aromatic carbocycles. The fourth-order valence-electron chi connectivity index (χ4n) is 8.26. The first-order valence-corrected chi connectivity index (χ1v) is 19.9. The van der Waals surface area contributed by atoms with Gasteiger partial charge in [0.25, 0.3) is 0 Å². The molecule has 5 heterocycles. The fraction of sp³-hybridized carbons (Fsp3) is 0.707. The van der Waals surface area contributed by atoms with Crippen LogP contribution < -0.4 is 0 Å². The topological polar surface area (TPSA) is 204 Å². The average molecular weight is 800 g/mol. The normalized spacial score (nSPS) is 37.8. The zero-order valence-electron chi connectivity index (χ0n) is 34.9. The number of carbonyl (C=O) groups excluding carboxylic acids is 3. The van der Waals surface area contributed by atoms with Crippen molar-refractivity contribution in [3.8, 4) is 0 Å². The summed E-state index contributed by atoms with van der Waals surface area (Å²) < 4.78 is 32.2. The van der Waals surface area contributed by atoms with Crippen LogP contribution in [0.25, 0.3) is 11.0 Å². The number of aliphatic imine (C=N–C) groups is 1. The maximum atomic E-state index is 14.4. The van der Waals surface area contributed by atoms with E-state index in [4.69, 9.17) is 28.5 Å². The number of aliphatic hydroxyl groups is 2. The molecule has 2 aromatic rings. The van der Waals surface area contributed by atoms with Gasteiger partial charge in [0, 0.05) is 42.6 Å². The molecular formula is C41H61N5O11. The van der Waals surface area contributed by atoms with E-state index in [-0.39, 0.29) is 51.2 Å². The van der Waals surface area contributed by atoms with Gasteiger partial charge in [0.2, 0.25) is 5.91 Å². The number of oxime groups is 1. The van der Waals surface area contributed by atoms with Crippen molar-refractivity contribution in [1.82, 2.24) is 14.9 Å². The van der Waals surface area contributed by atoms with Gasteiger partial charge in [-0.25, -0.2) is 9.98 Å². The summed E-state index contributed by atoms with van der Waals surface area (Å²) >= 11 is 0. The summed E-state index contributed by atoms with van der Waals surface area (Å²) in [6, 6.07) is 5.35. The van der Waals surface area contributed by atoms with Crippen LogP contribution in [0.5, 0.6) is 0 Å². The third-order valence-corrected chi connectivity index (χ3v) is 11.6. The van der Waals surface area contributed by atoms with Gasteiger partial charge in [0.05, 0.1) is 42.8 Å². The van der Waals surface area contributed by atoms with E-state index in [1.165, 1.54) is 20.8 Å². The number of pyridine rings is 1. The van der Waals surface area contributed by atoms with E-state index in [2.05, 4.69) is 20.1 Å². The molecule has 2 bridgehead atoms. The minimum absolute atomic E-state index is 0.0197. The Kier molecular flexibility index (Phi) is 14.4. The molecule has 0 saturated carbocycles. The first kappa shape index (κ1) is 44.5. The number of amides is 1. The Morgan fingerprint density at radius 2 is 1.86 bits per heavy atom. The molecule has 1 amide bonds. The van der Waals surface area contributed by atoms with Gasteiger partial charge in [-0.15, -0.1) is 0 Å². The number of nitrogens with zero attached hydrogens (tertiary/aromatic N) is 4. The number of ether oxygens (including phenoxy) is 5. The van der Waals surface area contributed by atoms with Crippen LogP contribution in [-0.4, -0.2) is 136 Å². The molecule has 3 aliphatic heterocycles. The number of cyclic esters (lactones) is 1. The van der Waals surface area contributed by atoms with Crippen LogP contribution in [0.15, 0.2) is 34.5 Å². The third-order valence-electron chi connectivity index (χ3n) is 11.6.